The fourth-order valence-electron chi connectivity index (χ4n) is 2.30. The van der Waals surface area contributed by atoms with E-state index in [0.717, 1.165) is 28.5 Å². The summed E-state index contributed by atoms with van der Waals surface area (Å²) in [5, 5.41) is 0.978. The minimum absolute atomic E-state index is 0.121. The van der Waals surface area contributed by atoms with E-state index in [4.69, 9.17) is 4.74 Å². The number of aromatic nitrogens is 1. The van der Waals surface area contributed by atoms with Crippen molar-refractivity contribution in [3.63, 3.8) is 0 Å². The predicted molar refractivity (Wildman–Crippen MR) is 72.4 cm³/mol. The molecular formula is C15H17NO2. The molecule has 0 aliphatic carbocycles. The van der Waals surface area contributed by atoms with Gasteiger partial charge in [-0.1, -0.05) is 32.9 Å². The van der Waals surface area contributed by atoms with Crippen molar-refractivity contribution in [2.75, 3.05) is 7.11 Å². The van der Waals surface area contributed by atoms with Crippen LogP contribution in [-0.4, -0.2) is 18.4 Å². The molecule has 0 fully saturated rings. The largest absolute Gasteiger partial charge is 0.494 e. The zero-order chi connectivity index (χ0) is 13.3. The number of nitrogens with zero attached hydrogens (tertiary/aromatic N) is 1. The second kappa shape index (κ2) is 4.41. The Labute approximate surface area is 107 Å². The summed E-state index contributed by atoms with van der Waals surface area (Å²) in [5.41, 5.74) is 2.34. The summed E-state index contributed by atoms with van der Waals surface area (Å²) in [7, 11) is 1.63. The SMILES string of the molecule is COc1cccc2c(C(C)(C)C)c(C=O)cnc12. The van der Waals surface area contributed by atoms with Crippen LogP contribution in [-0.2, 0) is 5.41 Å². The van der Waals surface area contributed by atoms with Crippen molar-refractivity contribution in [3.05, 3.63) is 35.5 Å². The fourth-order valence-corrected chi connectivity index (χ4v) is 2.30. The maximum Gasteiger partial charge on any atom is 0.151 e. The lowest BCUT2D eigenvalue weighted by Gasteiger charge is -2.23. The molecule has 0 aliphatic heterocycles. The third-order valence-corrected chi connectivity index (χ3v) is 2.99. The molecule has 3 nitrogen and oxygen atoms in total. The van der Waals surface area contributed by atoms with Crippen molar-refractivity contribution in [2.24, 2.45) is 0 Å². The molecule has 94 valence electrons. The number of para-hydroxylation sites is 1. The quantitative estimate of drug-likeness (QED) is 0.759. The molecule has 1 aromatic heterocycles. The maximum absolute atomic E-state index is 11.2. The van der Waals surface area contributed by atoms with Crippen LogP contribution < -0.4 is 4.74 Å². The highest BCUT2D eigenvalue weighted by Crippen LogP contribution is 2.34. The minimum Gasteiger partial charge on any atom is -0.494 e. The van der Waals surface area contributed by atoms with Crippen LogP contribution in [0.1, 0.15) is 36.7 Å². The Balaban J connectivity index is 2.91. The Kier molecular flexibility index (Phi) is 3.07. The van der Waals surface area contributed by atoms with Crippen molar-refractivity contribution in [1.29, 1.82) is 0 Å². The van der Waals surface area contributed by atoms with Gasteiger partial charge in [0.25, 0.3) is 0 Å². The van der Waals surface area contributed by atoms with E-state index in [1.165, 1.54) is 0 Å². The lowest BCUT2D eigenvalue weighted by Crippen LogP contribution is -2.15. The Bertz CT molecular complexity index is 597. The van der Waals surface area contributed by atoms with Crippen LogP contribution >= 0.6 is 0 Å². The van der Waals surface area contributed by atoms with Crippen LogP contribution in [0.4, 0.5) is 0 Å². The van der Waals surface area contributed by atoms with Crippen molar-refractivity contribution in [1.82, 2.24) is 4.98 Å². The van der Waals surface area contributed by atoms with Gasteiger partial charge in [0.15, 0.2) is 6.29 Å². The van der Waals surface area contributed by atoms with Crippen LogP contribution in [0.5, 0.6) is 5.75 Å². The third-order valence-electron chi connectivity index (χ3n) is 2.99. The highest BCUT2D eigenvalue weighted by atomic mass is 16.5. The van der Waals surface area contributed by atoms with E-state index in [1.807, 2.05) is 18.2 Å². The monoisotopic (exact) mass is 243 g/mol. The van der Waals surface area contributed by atoms with Gasteiger partial charge in [-0.2, -0.15) is 0 Å². The van der Waals surface area contributed by atoms with Gasteiger partial charge in [0.05, 0.1) is 7.11 Å². The molecule has 0 aliphatic rings. The van der Waals surface area contributed by atoms with Crippen LogP contribution in [0.25, 0.3) is 10.9 Å². The average Bonchev–Trinajstić information content (AvgIpc) is 2.35. The van der Waals surface area contributed by atoms with Crippen LogP contribution in [0.2, 0.25) is 0 Å². The molecule has 0 saturated heterocycles. The zero-order valence-electron chi connectivity index (χ0n) is 11.2. The number of pyridine rings is 1. The molecule has 0 radical (unpaired) electrons. The number of carbonyl (C=O) groups excluding carboxylic acids is 1. The van der Waals surface area contributed by atoms with E-state index < -0.39 is 0 Å². The lowest BCUT2D eigenvalue weighted by atomic mass is 9.82. The van der Waals surface area contributed by atoms with Gasteiger partial charge in [0.2, 0.25) is 0 Å². The second-order valence-electron chi connectivity index (χ2n) is 5.31. The zero-order valence-corrected chi connectivity index (χ0v) is 11.2. The predicted octanol–water partition coefficient (Wildman–Crippen LogP) is 3.35. The van der Waals surface area contributed by atoms with Gasteiger partial charge >= 0.3 is 0 Å². The van der Waals surface area contributed by atoms with Crippen molar-refractivity contribution in [3.8, 4) is 5.75 Å². The molecule has 2 rings (SSSR count). The summed E-state index contributed by atoms with van der Waals surface area (Å²) in [6.45, 7) is 6.27. The van der Waals surface area contributed by atoms with Crippen LogP contribution in [0.15, 0.2) is 24.4 Å². The molecule has 0 bridgehead atoms. The number of benzene rings is 1. The number of aldehydes is 1. The number of carbonyl (C=O) groups is 1. The average molecular weight is 243 g/mol. The molecule has 0 amide bonds. The Morgan fingerprint density at radius 1 is 1.28 bits per heavy atom. The van der Waals surface area contributed by atoms with Crippen LogP contribution in [0, 0.1) is 0 Å². The topological polar surface area (TPSA) is 39.2 Å². The third kappa shape index (κ3) is 1.96. The molecule has 0 atom stereocenters. The van der Waals surface area contributed by atoms with Crippen molar-refractivity contribution in [2.45, 2.75) is 26.2 Å². The molecule has 1 heterocycles. The summed E-state index contributed by atoms with van der Waals surface area (Å²) < 4.78 is 5.32. The van der Waals surface area contributed by atoms with Crippen LogP contribution in [0.3, 0.4) is 0 Å². The first kappa shape index (κ1) is 12.6. The number of ether oxygens (including phenoxy) is 1. The minimum atomic E-state index is -0.121. The van der Waals surface area contributed by atoms with E-state index in [0.29, 0.717) is 5.56 Å². The van der Waals surface area contributed by atoms with Gasteiger partial charge in [0.1, 0.15) is 11.3 Å². The summed E-state index contributed by atoms with van der Waals surface area (Å²) >= 11 is 0. The van der Waals surface area contributed by atoms with E-state index >= 15 is 0 Å². The van der Waals surface area contributed by atoms with Crippen molar-refractivity contribution >= 4 is 17.2 Å². The molecule has 0 saturated carbocycles. The Hall–Kier alpha value is -1.90. The van der Waals surface area contributed by atoms with Gasteiger partial charge in [0, 0.05) is 17.1 Å². The number of hydrogen-bond acceptors (Lipinski definition) is 3. The van der Waals surface area contributed by atoms with Gasteiger partial charge in [-0.15, -0.1) is 0 Å². The van der Waals surface area contributed by atoms with E-state index in [-0.39, 0.29) is 5.41 Å². The molecule has 0 N–H and O–H groups in total. The highest BCUT2D eigenvalue weighted by Gasteiger charge is 2.22. The normalized spacial score (nSPS) is 11.6. The van der Waals surface area contributed by atoms with Gasteiger partial charge < -0.3 is 4.74 Å². The summed E-state index contributed by atoms with van der Waals surface area (Å²) in [4.78, 5) is 15.5. The number of methoxy groups -OCH3 is 1. The van der Waals surface area contributed by atoms with Gasteiger partial charge in [-0.05, 0) is 17.0 Å². The standard InChI is InChI=1S/C15H17NO2/c1-15(2,3)13-10(9-17)8-16-14-11(13)6-5-7-12(14)18-4/h5-9H,1-4H3. The number of rotatable bonds is 2. The van der Waals surface area contributed by atoms with E-state index in [9.17, 15) is 4.79 Å². The van der Waals surface area contributed by atoms with E-state index in [1.54, 1.807) is 13.3 Å². The molecule has 18 heavy (non-hydrogen) atoms. The molecule has 3 heteroatoms. The summed E-state index contributed by atoms with van der Waals surface area (Å²) in [5.74, 6) is 0.732. The van der Waals surface area contributed by atoms with Gasteiger partial charge in [-0.3, -0.25) is 9.78 Å². The Morgan fingerprint density at radius 3 is 2.56 bits per heavy atom. The highest BCUT2D eigenvalue weighted by molar-refractivity contribution is 5.94. The molecule has 0 spiro atoms. The fraction of sp³-hybridized carbons (Fsp3) is 0.333. The molecular weight excluding hydrogens is 226 g/mol. The van der Waals surface area contributed by atoms with Gasteiger partial charge in [-0.25, -0.2) is 0 Å². The lowest BCUT2D eigenvalue weighted by molar-refractivity contribution is 0.112. The first-order valence-corrected chi connectivity index (χ1v) is 5.90. The Morgan fingerprint density at radius 2 is 2.00 bits per heavy atom. The number of hydrogen-bond donors (Lipinski definition) is 0. The summed E-state index contributed by atoms with van der Waals surface area (Å²) in [6.07, 6.45) is 2.49. The first-order chi connectivity index (χ1) is 8.49. The second-order valence-corrected chi connectivity index (χ2v) is 5.31. The molecule has 0 unspecified atom stereocenters. The van der Waals surface area contributed by atoms with E-state index in [2.05, 4.69) is 25.8 Å². The first-order valence-electron chi connectivity index (χ1n) is 5.90. The molecule has 2 aromatic rings. The smallest absolute Gasteiger partial charge is 0.151 e. The summed E-state index contributed by atoms with van der Waals surface area (Å²) in [6, 6.07) is 5.79. The molecule has 1 aromatic carbocycles. The maximum atomic E-state index is 11.2. The van der Waals surface area contributed by atoms with Crippen molar-refractivity contribution < 1.29 is 9.53 Å². The number of fused-ring (bicyclic) bond motifs is 1.